The molecule has 9 nitrogen and oxygen atoms in total. The topological polar surface area (TPSA) is 116 Å². The van der Waals surface area contributed by atoms with Crippen molar-refractivity contribution in [2.75, 3.05) is 5.32 Å². The van der Waals surface area contributed by atoms with Gasteiger partial charge in [-0.1, -0.05) is 23.2 Å². The van der Waals surface area contributed by atoms with Crippen molar-refractivity contribution in [2.24, 2.45) is 4.99 Å². The van der Waals surface area contributed by atoms with Crippen LogP contribution in [0.2, 0.25) is 10.3 Å². The van der Waals surface area contributed by atoms with E-state index in [2.05, 4.69) is 27.0 Å². The summed E-state index contributed by atoms with van der Waals surface area (Å²) in [6, 6.07) is 1.51. The van der Waals surface area contributed by atoms with E-state index in [1.54, 1.807) is 34.6 Å². The zero-order chi connectivity index (χ0) is 22.8. The molecule has 11 heteroatoms. The molecule has 160 valence electrons. The van der Waals surface area contributed by atoms with E-state index in [-0.39, 0.29) is 33.9 Å². The molecule has 0 radical (unpaired) electrons. The number of carbonyl (C=O) groups excluding carboxylic acids is 2. The molecule has 2 aromatic heterocycles. The molecule has 0 atom stereocenters. The molecule has 2 aromatic rings. The number of aromatic nitrogens is 3. The summed E-state index contributed by atoms with van der Waals surface area (Å²) < 4.78 is 6.42. The first-order valence-corrected chi connectivity index (χ1v) is 9.54. The highest BCUT2D eigenvalue weighted by molar-refractivity contribution is 6.32. The van der Waals surface area contributed by atoms with Gasteiger partial charge in [-0.3, -0.25) is 19.5 Å². The highest BCUT2D eigenvalue weighted by Crippen LogP contribution is 2.26. The van der Waals surface area contributed by atoms with Gasteiger partial charge in [-0.25, -0.2) is 19.8 Å². The fraction of sp³-hybridized carbons (Fsp3) is 0.368. The van der Waals surface area contributed by atoms with Gasteiger partial charge in [0.1, 0.15) is 5.60 Å². The zero-order valence-electron chi connectivity index (χ0n) is 17.2. The standard InChI is InChI=1S/C19H21Cl2N5O4/c1-9-11(8-13(27)22-6)7-12(24-18(29)30-19(3,4)5)16(23-9)26-10(2)14(20)25-15(21)17(26)28/h7H,6,8H2,1-5H3,(H,24,29). The van der Waals surface area contributed by atoms with Crippen LogP contribution in [0.4, 0.5) is 10.5 Å². The molecule has 0 saturated heterocycles. The van der Waals surface area contributed by atoms with Crippen molar-refractivity contribution in [3.05, 3.63) is 43.7 Å². The lowest BCUT2D eigenvalue weighted by Gasteiger charge is -2.21. The van der Waals surface area contributed by atoms with E-state index >= 15 is 0 Å². The fourth-order valence-corrected chi connectivity index (χ4v) is 2.90. The Kier molecular flexibility index (Phi) is 6.99. The minimum Gasteiger partial charge on any atom is -0.444 e. The summed E-state index contributed by atoms with van der Waals surface area (Å²) in [6.45, 7) is 11.5. The third kappa shape index (κ3) is 5.43. The normalized spacial score (nSPS) is 11.2. The van der Waals surface area contributed by atoms with Crippen LogP contribution in [-0.2, 0) is 16.0 Å². The van der Waals surface area contributed by atoms with Crippen molar-refractivity contribution < 1.29 is 14.3 Å². The Bertz CT molecular complexity index is 1090. The maximum absolute atomic E-state index is 12.7. The third-order valence-electron chi connectivity index (χ3n) is 3.87. The average Bonchev–Trinajstić information content (AvgIpc) is 2.61. The van der Waals surface area contributed by atoms with Crippen LogP contribution < -0.4 is 10.9 Å². The van der Waals surface area contributed by atoms with Crippen LogP contribution in [0, 0.1) is 13.8 Å². The quantitative estimate of drug-likeness (QED) is 0.705. The van der Waals surface area contributed by atoms with Gasteiger partial charge in [0.25, 0.3) is 5.56 Å². The Balaban J connectivity index is 2.72. The number of amides is 2. The number of anilines is 1. The maximum atomic E-state index is 12.7. The number of carbonyl (C=O) groups is 2. The predicted octanol–water partition coefficient (Wildman–Crippen LogP) is 3.67. The van der Waals surface area contributed by atoms with Crippen molar-refractivity contribution >= 4 is 47.6 Å². The van der Waals surface area contributed by atoms with Gasteiger partial charge in [0.2, 0.25) is 5.91 Å². The molecular formula is C19H21Cl2N5O4. The maximum Gasteiger partial charge on any atom is 0.412 e. The number of halogens is 2. The number of aryl methyl sites for hydroxylation is 1. The van der Waals surface area contributed by atoms with Crippen molar-refractivity contribution in [1.82, 2.24) is 14.5 Å². The van der Waals surface area contributed by atoms with Gasteiger partial charge in [0.05, 0.1) is 17.8 Å². The summed E-state index contributed by atoms with van der Waals surface area (Å²) in [5, 5.41) is 2.21. The van der Waals surface area contributed by atoms with Gasteiger partial charge in [-0.2, -0.15) is 0 Å². The Hall–Kier alpha value is -2.78. The van der Waals surface area contributed by atoms with Crippen molar-refractivity contribution in [1.29, 1.82) is 0 Å². The lowest BCUT2D eigenvalue weighted by molar-refractivity contribution is -0.117. The molecule has 30 heavy (non-hydrogen) atoms. The number of pyridine rings is 1. The Morgan fingerprint density at radius 1 is 1.23 bits per heavy atom. The molecule has 0 spiro atoms. The molecule has 2 heterocycles. The molecule has 0 fully saturated rings. The van der Waals surface area contributed by atoms with Gasteiger partial charge in [-0.05, 0) is 53.0 Å². The van der Waals surface area contributed by atoms with E-state index in [4.69, 9.17) is 27.9 Å². The summed E-state index contributed by atoms with van der Waals surface area (Å²) in [6.07, 6.45) is -0.859. The molecule has 2 amide bonds. The van der Waals surface area contributed by atoms with Gasteiger partial charge in [0.15, 0.2) is 16.1 Å². The second-order valence-corrected chi connectivity index (χ2v) is 8.10. The van der Waals surface area contributed by atoms with Crippen LogP contribution in [0.5, 0.6) is 0 Å². The van der Waals surface area contributed by atoms with Crippen LogP contribution in [0.3, 0.4) is 0 Å². The van der Waals surface area contributed by atoms with Crippen LogP contribution in [0.25, 0.3) is 5.82 Å². The van der Waals surface area contributed by atoms with Crippen molar-refractivity contribution in [3.8, 4) is 5.82 Å². The van der Waals surface area contributed by atoms with Gasteiger partial charge >= 0.3 is 6.09 Å². The largest absolute Gasteiger partial charge is 0.444 e. The van der Waals surface area contributed by atoms with E-state index in [1.165, 1.54) is 6.07 Å². The lowest BCUT2D eigenvalue weighted by Crippen LogP contribution is -2.29. The molecule has 0 aliphatic rings. The van der Waals surface area contributed by atoms with Crippen LogP contribution in [0.1, 0.15) is 37.7 Å². The highest BCUT2D eigenvalue weighted by atomic mass is 35.5. The average molecular weight is 454 g/mol. The molecule has 0 aromatic carbocycles. The fourth-order valence-electron chi connectivity index (χ4n) is 2.51. The van der Waals surface area contributed by atoms with E-state index in [0.29, 0.717) is 11.3 Å². The number of aliphatic imine (C=N–C) groups is 1. The summed E-state index contributed by atoms with van der Waals surface area (Å²) in [5.74, 6) is -0.422. The second kappa shape index (κ2) is 8.93. The van der Waals surface area contributed by atoms with Gasteiger partial charge < -0.3 is 4.74 Å². The molecule has 0 aliphatic heterocycles. The minimum atomic E-state index is -0.773. The molecule has 0 aliphatic carbocycles. The van der Waals surface area contributed by atoms with E-state index in [0.717, 1.165) is 4.57 Å². The lowest BCUT2D eigenvalue weighted by atomic mass is 10.1. The van der Waals surface area contributed by atoms with Gasteiger partial charge in [0, 0.05) is 5.69 Å². The molecule has 0 bridgehead atoms. The highest BCUT2D eigenvalue weighted by Gasteiger charge is 2.22. The SMILES string of the molecule is C=NC(=O)Cc1cc(NC(=O)OC(C)(C)C)c(-n2c(C)c(Cl)nc(Cl)c2=O)nc1C. The summed E-state index contributed by atoms with van der Waals surface area (Å²) in [5.41, 5.74) is -0.128. The second-order valence-electron chi connectivity index (χ2n) is 7.38. The monoisotopic (exact) mass is 453 g/mol. The molecule has 2 rings (SSSR count). The van der Waals surface area contributed by atoms with E-state index in [1.807, 2.05) is 0 Å². The van der Waals surface area contributed by atoms with Crippen LogP contribution in [0.15, 0.2) is 15.9 Å². The number of ether oxygens (including phenoxy) is 1. The Morgan fingerprint density at radius 2 is 1.87 bits per heavy atom. The molecule has 1 N–H and O–H groups in total. The molecule has 0 saturated carbocycles. The van der Waals surface area contributed by atoms with E-state index < -0.39 is 23.2 Å². The number of rotatable bonds is 4. The van der Waals surface area contributed by atoms with Crippen molar-refractivity contribution in [3.63, 3.8) is 0 Å². The van der Waals surface area contributed by atoms with Crippen LogP contribution in [-0.4, -0.2) is 38.9 Å². The predicted molar refractivity (Wildman–Crippen MR) is 115 cm³/mol. The first-order valence-electron chi connectivity index (χ1n) is 8.79. The number of hydrogen-bond acceptors (Lipinski definition) is 6. The van der Waals surface area contributed by atoms with Crippen molar-refractivity contribution in [2.45, 2.75) is 46.6 Å². The Labute approximate surface area is 183 Å². The van der Waals surface area contributed by atoms with E-state index in [9.17, 15) is 14.4 Å². The summed E-state index contributed by atoms with van der Waals surface area (Å²) in [7, 11) is 0. The summed E-state index contributed by atoms with van der Waals surface area (Å²) in [4.78, 5) is 48.4. The zero-order valence-corrected chi connectivity index (χ0v) is 18.7. The minimum absolute atomic E-state index is 0.00242. The van der Waals surface area contributed by atoms with Gasteiger partial charge in [-0.15, -0.1) is 0 Å². The number of hydrogen-bond donors (Lipinski definition) is 1. The Morgan fingerprint density at radius 3 is 2.43 bits per heavy atom. The molecule has 0 unspecified atom stereocenters. The third-order valence-corrected chi connectivity index (χ3v) is 4.48. The summed E-state index contributed by atoms with van der Waals surface area (Å²) >= 11 is 12.0. The number of nitrogens with one attached hydrogen (secondary N) is 1. The molecular weight excluding hydrogens is 433 g/mol. The first-order chi connectivity index (χ1) is 13.8. The smallest absolute Gasteiger partial charge is 0.412 e. The first kappa shape index (κ1) is 23.5. The number of nitrogens with zero attached hydrogens (tertiary/aromatic N) is 4. The van der Waals surface area contributed by atoms with Crippen LogP contribution >= 0.6 is 23.2 Å².